The molecular formula is C7H10FN3O4S2. The third kappa shape index (κ3) is 4.73. The molecule has 1 rings (SSSR count). The monoisotopic (exact) mass is 283 g/mol. The second kappa shape index (κ2) is 5.04. The van der Waals surface area contributed by atoms with Crippen molar-refractivity contribution in [2.45, 2.75) is 4.90 Å². The van der Waals surface area contributed by atoms with Crippen LogP contribution in [0, 0.1) is 5.82 Å². The minimum absolute atomic E-state index is 0.382. The van der Waals surface area contributed by atoms with Gasteiger partial charge in [-0.1, -0.05) is 0 Å². The van der Waals surface area contributed by atoms with Gasteiger partial charge in [-0.25, -0.2) is 31.1 Å². The zero-order chi connectivity index (χ0) is 13.1. The first-order valence-electron chi connectivity index (χ1n) is 4.31. The van der Waals surface area contributed by atoms with Gasteiger partial charge in [-0.2, -0.15) is 0 Å². The molecular weight excluding hydrogens is 273 g/mol. The quantitative estimate of drug-likeness (QED) is 0.702. The van der Waals surface area contributed by atoms with Gasteiger partial charge in [0.05, 0.1) is 11.9 Å². The van der Waals surface area contributed by atoms with Crippen LogP contribution in [0.5, 0.6) is 0 Å². The second-order valence-corrected chi connectivity index (χ2v) is 6.60. The van der Waals surface area contributed by atoms with Crippen LogP contribution in [0.3, 0.4) is 0 Å². The summed E-state index contributed by atoms with van der Waals surface area (Å²) in [5.74, 6) is -1.35. The molecule has 0 saturated carbocycles. The number of aromatic nitrogens is 1. The molecule has 0 aromatic carbocycles. The van der Waals surface area contributed by atoms with E-state index >= 15 is 0 Å². The molecule has 0 aliphatic heterocycles. The van der Waals surface area contributed by atoms with Gasteiger partial charge in [-0.3, -0.25) is 4.98 Å². The molecule has 1 aromatic rings. The highest BCUT2D eigenvalue weighted by atomic mass is 32.2. The van der Waals surface area contributed by atoms with E-state index in [9.17, 15) is 21.2 Å². The standard InChI is InChI=1S/C7H10FN3O4S2/c8-6-3-7(5-10-4-6)17(14,15)11-1-2-16(9,12)13/h3-5,11H,1-2H2,(H2,9,12,13). The van der Waals surface area contributed by atoms with E-state index < -0.39 is 38.2 Å². The lowest BCUT2D eigenvalue weighted by atomic mass is 10.5. The lowest BCUT2D eigenvalue weighted by molar-refractivity contribution is 0.576. The van der Waals surface area contributed by atoms with E-state index in [0.29, 0.717) is 0 Å². The van der Waals surface area contributed by atoms with Crippen molar-refractivity contribution in [2.75, 3.05) is 12.3 Å². The van der Waals surface area contributed by atoms with E-state index in [4.69, 9.17) is 5.14 Å². The Morgan fingerprint density at radius 3 is 2.47 bits per heavy atom. The number of halogens is 1. The molecule has 0 aliphatic carbocycles. The number of nitrogens with two attached hydrogens (primary N) is 1. The van der Waals surface area contributed by atoms with Gasteiger partial charge in [0, 0.05) is 12.7 Å². The van der Waals surface area contributed by atoms with E-state index in [1.807, 2.05) is 4.72 Å². The number of rotatable bonds is 5. The van der Waals surface area contributed by atoms with Gasteiger partial charge >= 0.3 is 0 Å². The Labute approximate surface area is 98.0 Å². The average molecular weight is 283 g/mol. The highest BCUT2D eigenvalue weighted by molar-refractivity contribution is 7.90. The fourth-order valence-corrected chi connectivity index (χ4v) is 2.46. The van der Waals surface area contributed by atoms with Gasteiger partial charge in [-0.05, 0) is 6.07 Å². The zero-order valence-corrected chi connectivity index (χ0v) is 10.1. The number of nitrogens with zero attached hydrogens (tertiary/aromatic N) is 1. The smallest absolute Gasteiger partial charge is 0.242 e. The van der Waals surface area contributed by atoms with Crippen molar-refractivity contribution in [3.05, 3.63) is 24.3 Å². The predicted octanol–water partition coefficient (Wildman–Crippen LogP) is -1.21. The third-order valence-electron chi connectivity index (χ3n) is 1.67. The largest absolute Gasteiger partial charge is 0.260 e. The first-order chi connectivity index (χ1) is 7.71. The highest BCUT2D eigenvalue weighted by Crippen LogP contribution is 2.07. The van der Waals surface area contributed by atoms with Crippen molar-refractivity contribution in [3.8, 4) is 0 Å². The van der Waals surface area contributed by atoms with Crippen LogP contribution >= 0.6 is 0 Å². The second-order valence-electron chi connectivity index (χ2n) is 3.10. The molecule has 0 radical (unpaired) electrons. The number of nitrogens with one attached hydrogen (secondary N) is 1. The van der Waals surface area contributed by atoms with Crippen molar-refractivity contribution in [3.63, 3.8) is 0 Å². The van der Waals surface area contributed by atoms with Crippen molar-refractivity contribution in [2.24, 2.45) is 5.14 Å². The van der Waals surface area contributed by atoms with Gasteiger partial charge in [0.1, 0.15) is 10.7 Å². The van der Waals surface area contributed by atoms with Crippen LogP contribution in [-0.4, -0.2) is 34.1 Å². The molecule has 17 heavy (non-hydrogen) atoms. The Balaban J connectivity index is 2.77. The van der Waals surface area contributed by atoms with Crippen molar-refractivity contribution < 1.29 is 21.2 Å². The van der Waals surface area contributed by atoms with Gasteiger partial charge in [0.15, 0.2) is 0 Å². The van der Waals surface area contributed by atoms with Crippen LogP contribution in [0.1, 0.15) is 0 Å². The summed E-state index contributed by atoms with van der Waals surface area (Å²) in [4.78, 5) is 2.99. The number of hydrogen-bond donors (Lipinski definition) is 2. The molecule has 3 N–H and O–H groups in total. The summed E-state index contributed by atoms with van der Waals surface area (Å²) >= 11 is 0. The van der Waals surface area contributed by atoms with Gasteiger partial charge < -0.3 is 0 Å². The molecule has 0 bridgehead atoms. The number of hydrogen-bond acceptors (Lipinski definition) is 5. The van der Waals surface area contributed by atoms with Crippen LogP contribution in [0.2, 0.25) is 0 Å². The van der Waals surface area contributed by atoms with Crippen LogP contribution in [0.4, 0.5) is 4.39 Å². The summed E-state index contributed by atoms with van der Waals surface area (Å²) in [5, 5.41) is 4.69. The topological polar surface area (TPSA) is 119 Å². The van der Waals surface area contributed by atoms with Crippen LogP contribution in [-0.2, 0) is 20.0 Å². The maximum absolute atomic E-state index is 12.7. The molecule has 0 atom stereocenters. The molecule has 0 aliphatic rings. The summed E-state index contributed by atoms with van der Waals surface area (Å²) in [6, 6.07) is 0.770. The highest BCUT2D eigenvalue weighted by Gasteiger charge is 2.15. The first-order valence-corrected chi connectivity index (χ1v) is 7.51. The fraction of sp³-hybridized carbons (Fsp3) is 0.286. The molecule has 0 unspecified atom stereocenters. The summed E-state index contributed by atoms with van der Waals surface area (Å²) in [6.45, 7) is -0.391. The molecule has 7 nitrogen and oxygen atoms in total. The Morgan fingerprint density at radius 1 is 1.29 bits per heavy atom. The lowest BCUT2D eigenvalue weighted by Gasteiger charge is -2.05. The van der Waals surface area contributed by atoms with Crippen LogP contribution in [0.25, 0.3) is 0 Å². The van der Waals surface area contributed by atoms with Gasteiger partial charge in [-0.15, -0.1) is 0 Å². The van der Waals surface area contributed by atoms with E-state index in [-0.39, 0.29) is 4.90 Å². The lowest BCUT2D eigenvalue weighted by Crippen LogP contribution is -2.31. The molecule has 10 heteroatoms. The number of pyridine rings is 1. The summed E-state index contributed by atoms with van der Waals surface area (Å²) in [6.07, 6.45) is 1.80. The number of sulfonamides is 2. The fourth-order valence-electron chi connectivity index (χ4n) is 0.941. The minimum Gasteiger partial charge on any atom is -0.260 e. The zero-order valence-electron chi connectivity index (χ0n) is 8.50. The first kappa shape index (κ1) is 14.0. The third-order valence-corrected chi connectivity index (χ3v) is 3.87. The molecule has 0 amide bonds. The molecule has 0 fully saturated rings. The molecule has 0 saturated heterocycles. The van der Waals surface area contributed by atoms with E-state index in [1.165, 1.54) is 0 Å². The maximum atomic E-state index is 12.7. The Morgan fingerprint density at radius 2 is 1.94 bits per heavy atom. The normalized spacial score (nSPS) is 12.6. The summed E-state index contributed by atoms with van der Waals surface area (Å²) in [5.41, 5.74) is 0. The van der Waals surface area contributed by atoms with Crippen molar-refractivity contribution in [1.82, 2.24) is 9.71 Å². The van der Waals surface area contributed by atoms with E-state index in [1.54, 1.807) is 0 Å². The van der Waals surface area contributed by atoms with Crippen LogP contribution in [0.15, 0.2) is 23.4 Å². The number of primary sulfonamides is 1. The molecule has 96 valence electrons. The van der Waals surface area contributed by atoms with Crippen molar-refractivity contribution in [1.29, 1.82) is 0 Å². The predicted molar refractivity (Wildman–Crippen MR) is 57.4 cm³/mol. The van der Waals surface area contributed by atoms with Crippen molar-refractivity contribution >= 4 is 20.0 Å². The SMILES string of the molecule is NS(=O)(=O)CCNS(=O)(=O)c1cncc(F)c1. The molecule has 0 spiro atoms. The Hall–Kier alpha value is -1.10. The Kier molecular flexibility index (Phi) is 4.14. The minimum atomic E-state index is -3.98. The molecule has 1 aromatic heterocycles. The van der Waals surface area contributed by atoms with E-state index in [0.717, 1.165) is 18.5 Å². The maximum Gasteiger partial charge on any atom is 0.242 e. The Bertz CT molecular complexity index is 599. The molecule has 1 heterocycles. The van der Waals surface area contributed by atoms with Gasteiger partial charge in [0.25, 0.3) is 0 Å². The summed E-state index contributed by atoms with van der Waals surface area (Å²) in [7, 11) is -7.73. The van der Waals surface area contributed by atoms with Gasteiger partial charge in [0.2, 0.25) is 20.0 Å². The van der Waals surface area contributed by atoms with Crippen LogP contribution < -0.4 is 9.86 Å². The van der Waals surface area contributed by atoms with E-state index in [2.05, 4.69) is 4.98 Å². The summed E-state index contributed by atoms with van der Waals surface area (Å²) < 4.78 is 58.9. The average Bonchev–Trinajstić information content (AvgIpc) is 2.15.